The highest BCUT2D eigenvalue weighted by molar-refractivity contribution is 7.91. The molecular weight excluding hydrogens is 308 g/mol. The van der Waals surface area contributed by atoms with E-state index in [1.807, 2.05) is 45.2 Å². The minimum atomic E-state index is -3.03. The van der Waals surface area contributed by atoms with E-state index >= 15 is 0 Å². The van der Waals surface area contributed by atoms with Crippen molar-refractivity contribution in [1.29, 1.82) is 5.26 Å². The summed E-state index contributed by atoms with van der Waals surface area (Å²) in [5, 5.41) is 9.15. The fourth-order valence-electron chi connectivity index (χ4n) is 3.62. The third kappa shape index (κ3) is 3.94. The summed E-state index contributed by atoms with van der Waals surface area (Å²) in [5.74, 6) is 0. The summed E-state index contributed by atoms with van der Waals surface area (Å²) >= 11 is 0. The SMILES string of the molecule is CN(Cc1ccccc1C(C)(C)C#N)[C@@H]1CCC[C@@H]1S(C)(=O)=O. The van der Waals surface area contributed by atoms with Crippen LogP contribution in [0.1, 0.15) is 44.2 Å². The van der Waals surface area contributed by atoms with Crippen LogP contribution in [-0.4, -0.2) is 37.9 Å². The Balaban J connectivity index is 2.25. The number of nitrogens with zero attached hydrogens (tertiary/aromatic N) is 2. The topological polar surface area (TPSA) is 61.2 Å². The monoisotopic (exact) mass is 334 g/mol. The molecule has 4 nitrogen and oxygen atoms in total. The van der Waals surface area contributed by atoms with E-state index < -0.39 is 15.3 Å². The largest absolute Gasteiger partial charge is 0.298 e. The van der Waals surface area contributed by atoms with Crippen molar-refractivity contribution in [1.82, 2.24) is 4.90 Å². The number of hydrogen-bond donors (Lipinski definition) is 0. The van der Waals surface area contributed by atoms with Crippen LogP contribution in [-0.2, 0) is 21.8 Å². The molecule has 0 radical (unpaired) electrons. The van der Waals surface area contributed by atoms with Gasteiger partial charge >= 0.3 is 0 Å². The first-order chi connectivity index (χ1) is 10.7. The van der Waals surface area contributed by atoms with E-state index in [-0.39, 0.29) is 11.3 Å². The molecule has 0 N–H and O–H groups in total. The lowest BCUT2D eigenvalue weighted by Gasteiger charge is -2.30. The molecule has 0 saturated heterocycles. The zero-order chi connectivity index (χ0) is 17.3. The molecule has 0 spiro atoms. The lowest BCUT2D eigenvalue weighted by molar-refractivity contribution is 0.237. The second-order valence-corrected chi connectivity index (χ2v) is 9.44. The van der Waals surface area contributed by atoms with Crippen molar-refractivity contribution >= 4 is 9.84 Å². The van der Waals surface area contributed by atoms with Gasteiger partial charge in [-0.1, -0.05) is 30.7 Å². The van der Waals surface area contributed by atoms with Crippen molar-refractivity contribution < 1.29 is 8.42 Å². The zero-order valence-corrected chi connectivity index (χ0v) is 15.2. The van der Waals surface area contributed by atoms with Crippen LogP contribution in [0, 0.1) is 11.3 Å². The molecular formula is C18H26N2O2S. The van der Waals surface area contributed by atoms with Gasteiger partial charge in [0, 0.05) is 18.8 Å². The number of hydrogen-bond acceptors (Lipinski definition) is 4. The van der Waals surface area contributed by atoms with E-state index in [2.05, 4.69) is 11.0 Å². The van der Waals surface area contributed by atoms with Gasteiger partial charge in [0.05, 0.1) is 16.7 Å². The quantitative estimate of drug-likeness (QED) is 0.831. The molecule has 1 aliphatic carbocycles. The predicted octanol–water partition coefficient (Wildman–Crippen LogP) is 2.89. The summed E-state index contributed by atoms with van der Waals surface area (Å²) < 4.78 is 24.0. The summed E-state index contributed by atoms with van der Waals surface area (Å²) in [5.41, 5.74) is 1.56. The molecule has 2 rings (SSSR count). The molecule has 1 aromatic carbocycles. The van der Waals surface area contributed by atoms with Gasteiger partial charge in [0.25, 0.3) is 0 Å². The Morgan fingerprint density at radius 1 is 1.30 bits per heavy atom. The first-order valence-electron chi connectivity index (χ1n) is 8.05. The van der Waals surface area contributed by atoms with E-state index in [1.54, 1.807) is 0 Å². The second kappa shape index (κ2) is 6.62. The van der Waals surface area contributed by atoms with Gasteiger partial charge in [0.1, 0.15) is 0 Å². The average Bonchev–Trinajstić information content (AvgIpc) is 2.97. The summed E-state index contributed by atoms with van der Waals surface area (Å²) in [7, 11) is -1.04. The Labute approximate surface area is 140 Å². The van der Waals surface area contributed by atoms with Crippen LogP contribution in [0.3, 0.4) is 0 Å². The smallest absolute Gasteiger partial charge is 0.151 e. The third-order valence-electron chi connectivity index (χ3n) is 4.92. The van der Waals surface area contributed by atoms with Gasteiger partial charge in [0.15, 0.2) is 9.84 Å². The highest BCUT2D eigenvalue weighted by Crippen LogP contribution is 2.31. The molecule has 1 saturated carbocycles. The average molecular weight is 334 g/mol. The zero-order valence-electron chi connectivity index (χ0n) is 14.4. The molecule has 1 aliphatic rings. The van der Waals surface area contributed by atoms with Crippen LogP contribution >= 0.6 is 0 Å². The summed E-state index contributed by atoms with van der Waals surface area (Å²) in [6.07, 6.45) is 3.96. The lowest BCUT2D eigenvalue weighted by Crippen LogP contribution is -2.41. The highest BCUT2D eigenvalue weighted by atomic mass is 32.2. The van der Waals surface area contributed by atoms with Crippen molar-refractivity contribution in [3.8, 4) is 6.07 Å². The Morgan fingerprint density at radius 2 is 1.96 bits per heavy atom. The van der Waals surface area contributed by atoms with Gasteiger partial charge in [0.2, 0.25) is 0 Å². The van der Waals surface area contributed by atoms with Crippen LogP contribution in [0.25, 0.3) is 0 Å². The first-order valence-corrected chi connectivity index (χ1v) is 10.0. The molecule has 5 heteroatoms. The maximum Gasteiger partial charge on any atom is 0.151 e. The van der Waals surface area contributed by atoms with E-state index in [4.69, 9.17) is 0 Å². The highest BCUT2D eigenvalue weighted by Gasteiger charge is 2.37. The van der Waals surface area contributed by atoms with E-state index in [0.29, 0.717) is 6.54 Å². The normalized spacial score (nSPS) is 22.3. The van der Waals surface area contributed by atoms with Crippen LogP contribution in [0.15, 0.2) is 24.3 Å². The molecule has 2 atom stereocenters. The molecule has 1 fully saturated rings. The third-order valence-corrected chi connectivity index (χ3v) is 6.57. The van der Waals surface area contributed by atoms with Gasteiger partial charge in [-0.3, -0.25) is 4.90 Å². The predicted molar refractivity (Wildman–Crippen MR) is 92.8 cm³/mol. The van der Waals surface area contributed by atoms with Crippen molar-refractivity contribution in [3.05, 3.63) is 35.4 Å². The van der Waals surface area contributed by atoms with Crippen LogP contribution in [0.2, 0.25) is 0 Å². The molecule has 0 aromatic heterocycles. The minimum absolute atomic E-state index is 0.0586. The van der Waals surface area contributed by atoms with E-state index in [0.717, 1.165) is 30.4 Å². The molecule has 0 amide bonds. The Kier molecular flexibility index (Phi) is 5.17. The molecule has 1 aromatic rings. The first kappa shape index (κ1) is 18.0. The maximum atomic E-state index is 12.0. The van der Waals surface area contributed by atoms with Gasteiger partial charge in [-0.05, 0) is 44.9 Å². The molecule has 23 heavy (non-hydrogen) atoms. The minimum Gasteiger partial charge on any atom is -0.298 e. The fourth-order valence-corrected chi connectivity index (χ4v) is 5.13. The second-order valence-electron chi connectivity index (χ2n) is 7.18. The maximum absolute atomic E-state index is 12.0. The lowest BCUT2D eigenvalue weighted by atomic mass is 9.83. The summed E-state index contributed by atoms with van der Waals surface area (Å²) in [4.78, 5) is 2.14. The van der Waals surface area contributed by atoms with Gasteiger partial charge in [-0.25, -0.2) is 8.42 Å². The van der Waals surface area contributed by atoms with E-state index in [1.165, 1.54) is 6.26 Å². The van der Waals surface area contributed by atoms with Crippen LogP contribution in [0.5, 0.6) is 0 Å². The fraction of sp³-hybridized carbons (Fsp3) is 0.611. The van der Waals surface area contributed by atoms with Gasteiger partial charge in [-0.2, -0.15) is 5.26 Å². The Morgan fingerprint density at radius 3 is 2.57 bits per heavy atom. The number of sulfone groups is 1. The summed E-state index contributed by atoms with van der Waals surface area (Å²) in [6.45, 7) is 4.50. The molecule has 0 unspecified atom stereocenters. The Hall–Kier alpha value is -1.38. The molecule has 0 aliphatic heterocycles. The van der Waals surface area contributed by atoms with Gasteiger partial charge < -0.3 is 0 Å². The van der Waals surface area contributed by atoms with Crippen molar-refractivity contribution in [2.75, 3.05) is 13.3 Å². The van der Waals surface area contributed by atoms with Gasteiger partial charge in [-0.15, -0.1) is 0 Å². The summed E-state index contributed by atoms with van der Waals surface area (Å²) in [6, 6.07) is 10.4. The van der Waals surface area contributed by atoms with Crippen molar-refractivity contribution in [3.63, 3.8) is 0 Å². The van der Waals surface area contributed by atoms with Crippen molar-refractivity contribution in [2.24, 2.45) is 0 Å². The molecule has 0 bridgehead atoms. The number of rotatable bonds is 5. The van der Waals surface area contributed by atoms with Crippen LogP contribution in [0.4, 0.5) is 0 Å². The standard InChI is InChI=1S/C18H26N2O2S/c1-18(2,13-19)15-9-6-5-8-14(15)12-20(3)16-10-7-11-17(16)23(4,21)22/h5-6,8-9,16-17H,7,10-12H2,1-4H3/t16-,17+/m1/s1. The number of benzene rings is 1. The molecule has 0 heterocycles. The molecule has 126 valence electrons. The van der Waals surface area contributed by atoms with Crippen molar-refractivity contribution in [2.45, 2.75) is 56.4 Å². The Bertz CT molecular complexity index is 704. The van der Waals surface area contributed by atoms with Crippen LogP contribution < -0.4 is 0 Å². The van der Waals surface area contributed by atoms with E-state index in [9.17, 15) is 13.7 Å². The number of nitriles is 1.